The lowest BCUT2D eigenvalue weighted by molar-refractivity contribution is 0.622. The minimum Gasteiger partial charge on any atom is -0.207 e. The SMILES string of the molecule is CCC(Cl)CCc1cc(F)cc(Br)c1. The lowest BCUT2D eigenvalue weighted by atomic mass is 10.1. The van der Waals surface area contributed by atoms with Gasteiger partial charge in [0.1, 0.15) is 5.82 Å². The fourth-order valence-corrected chi connectivity index (χ4v) is 1.90. The first-order valence-electron chi connectivity index (χ1n) is 4.71. The van der Waals surface area contributed by atoms with Crippen LogP contribution in [0.15, 0.2) is 22.7 Å². The van der Waals surface area contributed by atoms with Gasteiger partial charge in [0.25, 0.3) is 0 Å². The molecule has 1 aromatic carbocycles. The summed E-state index contributed by atoms with van der Waals surface area (Å²) in [5.74, 6) is -0.197. The molecule has 0 aliphatic rings. The quantitative estimate of drug-likeness (QED) is 0.710. The van der Waals surface area contributed by atoms with Crippen molar-refractivity contribution in [3.63, 3.8) is 0 Å². The maximum atomic E-state index is 13.0. The van der Waals surface area contributed by atoms with Gasteiger partial charge >= 0.3 is 0 Å². The number of hydrogen-bond donors (Lipinski definition) is 0. The van der Waals surface area contributed by atoms with Crippen molar-refractivity contribution in [2.24, 2.45) is 0 Å². The predicted molar refractivity (Wildman–Crippen MR) is 62.4 cm³/mol. The maximum Gasteiger partial charge on any atom is 0.124 e. The number of halogens is 3. The topological polar surface area (TPSA) is 0 Å². The van der Waals surface area contributed by atoms with Gasteiger partial charge in [-0.3, -0.25) is 0 Å². The molecule has 0 heterocycles. The van der Waals surface area contributed by atoms with E-state index in [1.807, 2.05) is 6.07 Å². The van der Waals surface area contributed by atoms with Crippen molar-refractivity contribution in [2.45, 2.75) is 31.6 Å². The second-order valence-corrected chi connectivity index (χ2v) is 4.85. The zero-order chi connectivity index (χ0) is 10.6. The van der Waals surface area contributed by atoms with E-state index in [2.05, 4.69) is 22.9 Å². The van der Waals surface area contributed by atoms with Crippen LogP contribution in [0.3, 0.4) is 0 Å². The van der Waals surface area contributed by atoms with E-state index < -0.39 is 0 Å². The number of benzene rings is 1. The lowest BCUT2D eigenvalue weighted by Crippen LogP contribution is -1.98. The smallest absolute Gasteiger partial charge is 0.124 e. The standard InChI is InChI=1S/C11H13BrClF/c1-2-10(13)4-3-8-5-9(12)7-11(14)6-8/h5-7,10H,2-4H2,1H3. The molecule has 1 rings (SSSR count). The summed E-state index contributed by atoms with van der Waals surface area (Å²) in [4.78, 5) is 0. The summed E-state index contributed by atoms with van der Waals surface area (Å²) >= 11 is 9.25. The molecule has 0 radical (unpaired) electrons. The zero-order valence-corrected chi connectivity index (χ0v) is 10.4. The van der Waals surface area contributed by atoms with Gasteiger partial charge in [-0.15, -0.1) is 11.6 Å². The van der Waals surface area contributed by atoms with Gasteiger partial charge in [0.2, 0.25) is 0 Å². The Hall–Kier alpha value is -0.0800. The molecule has 3 heteroatoms. The van der Waals surface area contributed by atoms with Gasteiger partial charge in [0, 0.05) is 9.85 Å². The van der Waals surface area contributed by atoms with Gasteiger partial charge in [-0.2, -0.15) is 0 Å². The molecule has 0 nitrogen and oxygen atoms in total. The largest absolute Gasteiger partial charge is 0.207 e. The fraction of sp³-hybridized carbons (Fsp3) is 0.455. The van der Waals surface area contributed by atoms with Crippen molar-refractivity contribution < 1.29 is 4.39 Å². The molecule has 0 aromatic heterocycles. The molecule has 0 spiro atoms. The van der Waals surface area contributed by atoms with E-state index in [1.54, 1.807) is 6.07 Å². The number of aryl methyl sites for hydroxylation is 1. The Kier molecular flexibility index (Phi) is 4.90. The minimum absolute atomic E-state index is 0.192. The van der Waals surface area contributed by atoms with Crippen molar-refractivity contribution >= 4 is 27.5 Å². The van der Waals surface area contributed by atoms with E-state index in [-0.39, 0.29) is 11.2 Å². The third-order valence-corrected chi connectivity index (χ3v) is 3.10. The van der Waals surface area contributed by atoms with E-state index in [9.17, 15) is 4.39 Å². The van der Waals surface area contributed by atoms with E-state index in [4.69, 9.17) is 11.6 Å². The van der Waals surface area contributed by atoms with Crippen LogP contribution < -0.4 is 0 Å². The van der Waals surface area contributed by atoms with Crippen molar-refractivity contribution in [3.8, 4) is 0 Å². The second-order valence-electron chi connectivity index (χ2n) is 3.32. The van der Waals surface area contributed by atoms with E-state index >= 15 is 0 Å². The van der Waals surface area contributed by atoms with E-state index in [0.29, 0.717) is 0 Å². The molecule has 0 bridgehead atoms. The third kappa shape index (κ3) is 3.97. The molecule has 0 aliphatic heterocycles. The van der Waals surface area contributed by atoms with Crippen LogP contribution in [0.4, 0.5) is 4.39 Å². The average Bonchev–Trinajstić information content (AvgIpc) is 2.12. The van der Waals surface area contributed by atoms with Crippen molar-refractivity contribution in [2.75, 3.05) is 0 Å². The van der Waals surface area contributed by atoms with Gasteiger partial charge in [-0.1, -0.05) is 22.9 Å². The highest BCUT2D eigenvalue weighted by Crippen LogP contribution is 2.18. The lowest BCUT2D eigenvalue weighted by Gasteiger charge is -2.06. The Morgan fingerprint density at radius 1 is 1.43 bits per heavy atom. The maximum absolute atomic E-state index is 13.0. The monoisotopic (exact) mass is 278 g/mol. The Morgan fingerprint density at radius 3 is 2.71 bits per heavy atom. The van der Waals surface area contributed by atoms with Gasteiger partial charge in [0.15, 0.2) is 0 Å². The summed E-state index contributed by atoms with van der Waals surface area (Å²) < 4.78 is 13.8. The number of rotatable bonds is 4. The second kappa shape index (κ2) is 5.72. The van der Waals surface area contributed by atoms with Crippen LogP contribution in [0, 0.1) is 5.82 Å². The normalized spacial score (nSPS) is 12.9. The summed E-state index contributed by atoms with van der Waals surface area (Å²) in [5.41, 5.74) is 0.996. The van der Waals surface area contributed by atoms with Crippen molar-refractivity contribution in [3.05, 3.63) is 34.1 Å². The van der Waals surface area contributed by atoms with E-state index in [0.717, 1.165) is 29.3 Å². The Morgan fingerprint density at radius 2 is 2.14 bits per heavy atom. The fourth-order valence-electron chi connectivity index (χ4n) is 1.28. The molecule has 0 aliphatic carbocycles. The molecule has 1 atom stereocenters. The number of alkyl halides is 1. The molecular formula is C11H13BrClF. The Bertz CT molecular complexity index is 281. The van der Waals surface area contributed by atoms with Gasteiger partial charge in [0.05, 0.1) is 0 Å². The van der Waals surface area contributed by atoms with Crippen LogP contribution >= 0.6 is 27.5 Å². The minimum atomic E-state index is -0.197. The molecule has 0 N–H and O–H groups in total. The first-order chi connectivity index (χ1) is 6.61. The summed E-state index contributed by atoms with van der Waals surface area (Å²) in [6, 6.07) is 4.95. The first kappa shape index (κ1) is 12.0. The number of hydrogen-bond acceptors (Lipinski definition) is 0. The Labute approximate surface area is 97.6 Å². The average molecular weight is 280 g/mol. The van der Waals surface area contributed by atoms with Gasteiger partial charge in [-0.25, -0.2) is 4.39 Å². The highest BCUT2D eigenvalue weighted by atomic mass is 79.9. The predicted octanol–water partition coefficient (Wildman–Crippen LogP) is 4.54. The van der Waals surface area contributed by atoms with Crippen LogP contribution in [0.2, 0.25) is 0 Å². The zero-order valence-electron chi connectivity index (χ0n) is 8.06. The summed E-state index contributed by atoms with van der Waals surface area (Å²) in [6.45, 7) is 2.05. The van der Waals surface area contributed by atoms with Gasteiger partial charge < -0.3 is 0 Å². The molecular weight excluding hydrogens is 266 g/mol. The molecule has 0 saturated carbocycles. The molecule has 0 amide bonds. The molecule has 0 saturated heterocycles. The molecule has 1 aromatic rings. The molecule has 78 valence electrons. The van der Waals surface area contributed by atoms with Crippen LogP contribution in [0.25, 0.3) is 0 Å². The van der Waals surface area contributed by atoms with Crippen molar-refractivity contribution in [1.29, 1.82) is 0 Å². The third-order valence-electron chi connectivity index (χ3n) is 2.11. The molecule has 0 fully saturated rings. The summed E-state index contributed by atoms with van der Waals surface area (Å²) in [7, 11) is 0. The van der Waals surface area contributed by atoms with Gasteiger partial charge in [-0.05, 0) is 43.0 Å². The summed E-state index contributed by atoms with van der Waals surface area (Å²) in [6.07, 6.45) is 2.68. The highest BCUT2D eigenvalue weighted by molar-refractivity contribution is 9.10. The van der Waals surface area contributed by atoms with Crippen LogP contribution in [-0.4, -0.2) is 5.38 Å². The molecule has 1 unspecified atom stereocenters. The van der Waals surface area contributed by atoms with Crippen molar-refractivity contribution in [1.82, 2.24) is 0 Å². The van der Waals surface area contributed by atoms with E-state index in [1.165, 1.54) is 6.07 Å². The van der Waals surface area contributed by atoms with Crippen LogP contribution in [0.1, 0.15) is 25.3 Å². The highest BCUT2D eigenvalue weighted by Gasteiger charge is 2.03. The Balaban J connectivity index is 2.58. The van der Waals surface area contributed by atoms with Crippen LogP contribution in [0.5, 0.6) is 0 Å². The summed E-state index contributed by atoms with van der Waals surface area (Å²) in [5, 5.41) is 0.192. The first-order valence-corrected chi connectivity index (χ1v) is 5.93. The molecule has 14 heavy (non-hydrogen) atoms. The van der Waals surface area contributed by atoms with Crippen LogP contribution in [-0.2, 0) is 6.42 Å².